The molecular formula is C21H38IN5O. The van der Waals surface area contributed by atoms with E-state index in [0.717, 1.165) is 44.3 Å². The van der Waals surface area contributed by atoms with Crippen LogP contribution in [0.15, 0.2) is 29.3 Å². The molecule has 0 bridgehead atoms. The molecule has 1 aromatic carbocycles. The third-order valence-electron chi connectivity index (χ3n) is 5.00. The van der Waals surface area contributed by atoms with E-state index in [1.807, 2.05) is 18.2 Å². The fraction of sp³-hybridized carbons (Fsp3) is 0.667. The molecule has 0 aromatic heterocycles. The van der Waals surface area contributed by atoms with Gasteiger partial charge in [0.05, 0.1) is 7.11 Å². The zero-order valence-corrected chi connectivity index (χ0v) is 20.3. The van der Waals surface area contributed by atoms with Gasteiger partial charge in [-0.3, -0.25) is 4.99 Å². The lowest BCUT2D eigenvalue weighted by Crippen LogP contribution is -2.38. The van der Waals surface area contributed by atoms with Gasteiger partial charge in [0.15, 0.2) is 5.96 Å². The van der Waals surface area contributed by atoms with Crippen molar-refractivity contribution >= 4 is 29.9 Å². The topological polar surface area (TPSA) is 43.3 Å². The first kappa shape index (κ1) is 25.0. The SMILES string of the molecule is CCNC(=NCCCN1CCCN(C)CC1)N(C)Cc1ccccc1OC.I. The Balaban J connectivity index is 0.00000392. The van der Waals surface area contributed by atoms with Crippen LogP contribution in [0, 0.1) is 0 Å². The molecule has 28 heavy (non-hydrogen) atoms. The monoisotopic (exact) mass is 503 g/mol. The van der Waals surface area contributed by atoms with Gasteiger partial charge in [-0.1, -0.05) is 18.2 Å². The first-order valence-electron chi connectivity index (χ1n) is 10.2. The Morgan fingerprint density at radius 2 is 2.00 bits per heavy atom. The maximum Gasteiger partial charge on any atom is 0.193 e. The van der Waals surface area contributed by atoms with Crippen LogP contribution in [0.3, 0.4) is 0 Å². The molecule has 0 spiro atoms. The number of nitrogens with zero attached hydrogens (tertiary/aromatic N) is 4. The summed E-state index contributed by atoms with van der Waals surface area (Å²) in [5, 5.41) is 3.41. The normalized spacial score (nSPS) is 16.2. The summed E-state index contributed by atoms with van der Waals surface area (Å²) in [5.74, 6) is 1.88. The van der Waals surface area contributed by atoms with E-state index < -0.39 is 0 Å². The maximum absolute atomic E-state index is 5.47. The second-order valence-corrected chi connectivity index (χ2v) is 7.26. The summed E-state index contributed by atoms with van der Waals surface area (Å²) in [6.45, 7) is 10.5. The van der Waals surface area contributed by atoms with Gasteiger partial charge in [-0.2, -0.15) is 0 Å². The molecule has 160 valence electrons. The van der Waals surface area contributed by atoms with Crippen LogP contribution >= 0.6 is 24.0 Å². The summed E-state index contributed by atoms with van der Waals surface area (Å²) in [5.41, 5.74) is 1.17. The van der Waals surface area contributed by atoms with Gasteiger partial charge in [-0.25, -0.2) is 0 Å². The standard InChI is InChI=1S/C21H37N5O.HI/c1-5-22-21(25(3)18-19-10-6-7-11-20(19)27-4)23-12-8-14-26-15-9-13-24(2)16-17-26;/h6-7,10-11H,5,8-9,12-18H2,1-4H3,(H,22,23);1H. The summed E-state index contributed by atoms with van der Waals surface area (Å²) in [7, 11) is 6.02. The van der Waals surface area contributed by atoms with Crippen molar-refractivity contribution in [3.8, 4) is 5.75 Å². The minimum Gasteiger partial charge on any atom is -0.496 e. The van der Waals surface area contributed by atoms with E-state index in [1.54, 1.807) is 7.11 Å². The highest BCUT2D eigenvalue weighted by molar-refractivity contribution is 14.0. The Morgan fingerprint density at radius 1 is 1.21 bits per heavy atom. The number of nitrogens with one attached hydrogen (secondary N) is 1. The van der Waals surface area contributed by atoms with Gasteiger partial charge in [0.25, 0.3) is 0 Å². The Morgan fingerprint density at radius 3 is 2.75 bits per heavy atom. The van der Waals surface area contributed by atoms with E-state index in [9.17, 15) is 0 Å². The number of halogens is 1. The first-order valence-corrected chi connectivity index (χ1v) is 10.2. The van der Waals surface area contributed by atoms with Crippen LogP contribution in [0.5, 0.6) is 5.75 Å². The van der Waals surface area contributed by atoms with Gasteiger partial charge in [-0.15, -0.1) is 24.0 Å². The Bertz CT molecular complexity index is 584. The van der Waals surface area contributed by atoms with E-state index in [0.29, 0.717) is 0 Å². The third-order valence-corrected chi connectivity index (χ3v) is 5.00. The lowest BCUT2D eigenvalue weighted by molar-refractivity contribution is 0.275. The molecule has 1 aromatic rings. The molecule has 0 radical (unpaired) electrons. The van der Waals surface area contributed by atoms with E-state index in [-0.39, 0.29) is 24.0 Å². The molecule has 1 aliphatic rings. The molecule has 0 saturated carbocycles. The number of guanidine groups is 1. The summed E-state index contributed by atoms with van der Waals surface area (Å²) in [6, 6.07) is 8.16. The summed E-state index contributed by atoms with van der Waals surface area (Å²) in [6.07, 6.45) is 2.37. The number of ether oxygens (including phenoxy) is 1. The molecule has 0 atom stereocenters. The lowest BCUT2D eigenvalue weighted by atomic mass is 10.2. The number of hydrogen-bond donors (Lipinski definition) is 1. The van der Waals surface area contributed by atoms with Crippen LogP contribution in [0.1, 0.15) is 25.3 Å². The highest BCUT2D eigenvalue weighted by Gasteiger charge is 2.12. The Labute approximate surface area is 188 Å². The zero-order valence-electron chi connectivity index (χ0n) is 18.0. The first-order chi connectivity index (χ1) is 13.1. The van der Waals surface area contributed by atoms with Crippen molar-refractivity contribution in [2.75, 3.05) is 67.0 Å². The van der Waals surface area contributed by atoms with Gasteiger partial charge in [0.2, 0.25) is 0 Å². The lowest BCUT2D eigenvalue weighted by Gasteiger charge is -2.23. The second kappa shape index (κ2) is 14.0. The minimum absolute atomic E-state index is 0. The predicted molar refractivity (Wildman–Crippen MR) is 129 cm³/mol. The highest BCUT2D eigenvalue weighted by atomic mass is 127. The van der Waals surface area contributed by atoms with Crippen molar-refractivity contribution in [2.24, 2.45) is 4.99 Å². The molecule has 0 amide bonds. The summed E-state index contributed by atoms with van der Waals surface area (Å²) < 4.78 is 5.47. The Hall–Kier alpha value is -1.06. The van der Waals surface area contributed by atoms with E-state index in [1.165, 1.54) is 38.2 Å². The molecule has 1 heterocycles. The fourth-order valence-corrected chi connectivity index (χ4v) is 3.44. The molecule has 6 nitrogen and oxygen atoms in total. The van der Waals surface area contributed by atoms with Gasteiger partial charge in [-0.05, 0) is 52.5 Å². The number of para-hydroxylation sites is 1. The summed E-state index contributed by atoms with van der Waals surface area (Å²) >= 11 is 0. The average molecular weight is 503 g/mol. The number of benzene rings is 1. The molecule has 1 saturated heterocycles. The van der Waals surface area contributed by atoms with Crippen molar-refractivity contribution in [3.63, 3.8) is 0 Å². The average Bonchev–Trinajstić information content (AvgIpc) is 2.88. The fourth-order valence-electron chi connectivity index (χ4n) is 3.44. The van der Waals surface area contributed by atoms with E-state index >= 15 is 0 Å². The second-order valence-electron chi connectivity index (χ2n) is 7.26. The van der Waals surface area contributed by atoms with Crippen LogP contribution < -0.4 is 10.1 Å². The van der Waals surface area contributed by atoms with E-state index in [2.05, 4.69) is 47.1 Å². The predicted octanol–water partition coefficient (Wildman–Crippen LogP) is 2.74. The van der Waals surface area contributed by atoms with Crippen molar-refractivity contribution in [2.45, 2.75) is 26.3 Å². The number of rotatable bonds is 8. The number of methoxy groups -OCH3 is 1. The van der Waals surface area contributed by atoms with Crippen LogP contribution in [-0.4, -0.2) is 87.7 Å². The molecule has 7 heteroatoms. The van der Waals surface area contributed by atoms with Crippen LogP contribution in [0.4, 0.5) is 0 Å². The van der Waals surface area contributed by atoms with Gasteiger partial charge >= 0.3 is 0 Å². The van der Waals surface area contributed by atoms with Gasteiger partial charge in [0, 0.05) is 45.3 Å². The molecule has 0 unspecified atom stereocenters. The summed E-state index contributed by atoms with van der Waals surface area (Å²) in [4.78, 5) is 12.0. The van der Waals surface area contributed by atoms with Crippen molar-refractivity contribution in [1.82, 2.24) is 20.0 Å². The maximum atomic E-state index is 5.47. The number of hydrogen-bond acceptors (Lipinski definition) is 4. The highest BCUT2D eigenvalue weighted by Crippen LogP contribution is 2.18. The zero-order chi connectivity index (χ0) is 19.5. The largest absolute Gasteiger partial charge is 0.496 e. The van der Waals surface area contributed by atoms with Crippen LogP contribution in [0.25, 0.3) is 0 Å². The molecule has 1 fully saturated rings. The smallest absolute Gasteiger partial charge is 0.193 e. The molecular weight excluding hydrogens is 465 g/mol. The van der Waals surface area contributed by atoms with Crippen LogP contribution in [-0.2, 0) is 6.54 Å². The number of likely N-dealkylation sites (N-methyl/N-ethyl adjacent to an activating group) is 1. The minimum atomic E-state index is 0. The third kappa shape index (κ3) is 8.53. The van der Waals surface area contributed by atoms with Crippen molar-refractivity contribution < 1.29 is 4.74 Å². The molecule has 0 aliphatic carbocycles. The van der Waals surface area contributed by atoms with E-state index in [4.69, 9.17) is 9.73 Å². The molecule has 1 N–H and O–H groups in total. The molecule has 1 aliphatic heterocycles. The Kier molecular flexibility index (Phi) is 12.5. The van der Waals surface area contributed by atoms with Gasteiger partial charge in [0.1, 0.15) is 5.75 Å². The molecule has 2 rings (SSSR count). The van der Waals surface area contributed by atoms with Gasteiger partial charge < -0.3 is 24.8 Å². The van der Waals surface area contributed by atoms with Crippen molar-refractivity contribution in [3.05, 3.63) is 29.8 Å². The van der Waals surface area contributed by atoms with Crippen LogP contribution in [0.2, 0.25) is 0 Å². The number of aliphatic imine (C=N–C) groups is 1. The quantitative estimate of drug-likeness (QED) is 0.256. The van der Waals surface area contributed by atoms with Crippen molar-refractivity contribution in [1.29, 1.82) is 0 Å².